The van der Waals surface area contributed by atoms with E-state index >= 15 is 0 Å². The van der Waals surface area contributed by atoms with E-state index in [1.54, 1.807) is 0 Å². The number of aryl methyl sites for hydroxylation is 2. The van der Waals surface area contributed by atoms with Crippen LogP contribution in [-0.2, 0) is 6.42 Å². The van der Waals surface area contributed by atoms with Crippen molar-refractivity contribution in [3.8, 4) is 0 Å². The zero-order chi connectivity index (χ0) is 11.0. The molecule has 2 N–H and O–H groups in total. The van der Waals surface area contributed by atoms with Crippen molar-refractivity contribution in [2.24, 2.45) is 5.73 Å². The van der Waals surface area contributed by atoms with Crippen LogP contribution in [0.1, 0.15) is 23.1 Å². The molecular formula is C13H20N2. The molecule has 0 saturated carbocycles. The number of rotatable bonds is 2. The van der Waals surface area contributed by atoms with Gasteiger partial charge in [-0.25, -0.2) is 0 Å². The van der Waals surface area contributed by atoms with Crippen LogP contribution < -0.4 is 10.6 Å². The molecule has 0 saturated heterocycles. The number of nitrogens with two attached hydrogens (primary N) is 1. The second kappa shape index (κ2) is 3.86. The van der Waals surface area contributed by atoms with Gasteiger partial charge in [-0.1, -0.05) is 17.7 Å². The van der Waals surface area contributed by atoms with Crippen molar-refractivity contribution in [1.82, 2.24) is 0 Å². The fraction of sp³-hybridized carbons (Fsp3) is 0.538. The predicted molar refractivity (Wildman–Crippen MR) is 65.5 cm³/mol. The number of hydrogen-bond donors (Lipinski definition) is 1. The molecular weight excluding hydrogens is 184 g/mol. The average Bonchev–Trinajstić information content (AvgIpc) is 2.43. The highest BCUT2D eigenvalue weighted by atomic mass is 15.2. The third-order valence-corrected chi connectivity index (χ3v) is 3.38. The van der Waals surface area contributed by atoms with Gasteiger partial charge in [-0.2, -0.15) is 0 Å². The van der Waals surface area contributed by atoms with Gasteiger partial charge in [0.1, 0.15) is 0 Å². The molecule has 1 atom stereocenters. The monoisotopic (exact) mass is 204 g/mol. The van der Waals surface area contributed by atoms with E-state index in [1.807, 2.05) is 0 Å². The molecule has 2 heteroatoms. The molecule has 0 amide bonds. The Kier molecular flexibility index (Phi) is 2.70. The first-order valence-electron chi connectivity index (χ1n) is 5.66. The van der Waals surface area contributed by atoms with Crippen molar-refractivity contribution >= 4 is 5.69 Å². The Bertz CT molecular complexity index is 371. The van der Waals surface area contributed by atoms with Gasteiger partial charge in [-0.3, -0.25) is 0 Å². The lowest BCUT2D eigenvalue weighted by molar-refractivity contribution is 0.616. The van der Waals surface area contributed by atoms with Gasteiger partial charge < -0.3 is 10.6 Å². The minimum absolute atomic E-state index is 0.602. The fourth-order valence-electron chi connectivity index (χ4n) is 2.77. The third kappa shape index (κ3) is 1.74. The number of nitrogens with zero attached hydrogens (tertiary/aromatic N) is 1. The molecule has 0 fully saturated rings. The van der Waals surface area contributed by atoms with Gasteiger partial charge in [-0.15, -0.1) is 0 Å². The minimum atomic E-state index is 0.602. The van der Waals surface area contributed by atoms with E-state index in [2.05, 4.69) is 37.9 Å². The molecule has 0 radical (unpaired) electrons. The first-order chi connectivity index (χ1) is 7.13. The van der Waals surface area contributed by atoms with Crippen molar-refractivity contribution < 1.29 is 0 Å². The third-order valence-electron chi connectivity index (χ3n) is 3.38. The lowest BCUT2D eigenvalue weighted by atomic mass is 10.0. The summed E-state index contributed by atoms with van der Waals surface area (Å²) in [6.07, 6.45) is 2.25. The highest BCUT2D eigenvalue weighted by Crippen LogP contribution is 2.35. The molecule has 1 aromatic carbocycles. The summed E-state index contributed by atoms with van der Waals surface area (Å²) in [5, 5.41) is 0. The first kappa shape index (κ1) is 10.5. The number of fused-ring (bicyclic) bond motifs is 1. The van der Waals surface area contributed by atoms with Crippen LogP contribution in [0.2, 0.25) is 0 Å². The van der Waals surface area contributed by atoms with Gasteiger partial charge in [0.15, 0.2) is 0 Å². The number of hydrogen-bond acceptors (Lipinski definition) is 2. The SMILES string of the molecule is Cc1cc(C)c2c(c1)CC(CCN)N2C. The van der Waals surface area contributed by atoms with E-state index < -0.39 is 0 Å². The molecule has 1 aromatic rings. The van der Waals surface area contributed by atoms with Gasteiger partial charge in [0.05, 0.1) is 0 Å². The molecule has 0 bridgehead atoms. The second-order valence-electron chi connectivity index (χ2n) is 4.64. The van der Waals surface area contributed by atoms with Gasteiger partial charge in [0, 0.05) is 18.8 Å². The van der Waals surface area contributed by atoms with Crippen LogP contribution in [0, 0.1) is 13.8 Å². The van der Waals surface area contributed by atoms with Crippen LogP contribution >= 0.6 is 0 Å². The van der Waals surface area contributed by atoms with Crippen LogP contribution in [0.4, 0.5) is 5.69 Å². The molecule has 2 rings (SSSR count). The molecule has 1 aliphatic rings. The normalized spacial score (nSPS) is 19.5. The maximum absolute atomic E-state index is 5.65. The Hall–Kier alpha value is -1.02. The lowest BCUT2D eigenvalue weighted by Gasteiger charge is -2.23. The van der Waals surface area contributed by atoms with Crippen LogP contribution in [0.15, 0.2) is 12.1 Å². The molecule has 1 heterocycles. The number of likely N-dealkylation sites (N-methyl/N-ethyl adjacent to an activating group) is 1. The predicted octanol–water partition coefficient (Wildman–Crippen LogP) is 2.01. The summed E-state index contributed by atoms with van der Waals surface area (Å²) in [6, 6.07) is 5.18. The Morgan fingerprint density at radius 2 is 2.13 bits per heavy atom. The fourth-order valence-corrected chi connectivity index (χ4v) is 2.77. The molecule has 82 valence electrons. The van der Waals surface area contributed by atoms with Crippen LogP contribution in [-0.4, -0.2) is 19.6 Å². The molecule has 1 unspecified atom stereocenters. The highest BCUT2D eigenvalue weighted by Gasteiger charge is 2.26. The van der Waals surface area contributed by atoms with Gasteiger partial charge >= 0.3 is 0 Å². The average molecular weight is 204 g/mol. The Morgan fingerprint density at radius 3 is 2.80 bits per heavy atom. The van der Waals surface area contributed by atoms with Crippen molar-refractivity contribution in [3.05, 3.63) is 28.8 Å². The molecule has 0 aromatic heterocycles. The largest absolute Gasteiger partial charge is 0.371 e. The first-order valence-corrected chi connectivity index (χ1v) is 5.66. The quantitative estimate of drug-likeness (QED) is 0.798. The maximum atomic E-state index is 5.65. The Labute approximate surface area is 92.1 Å². The second-order valence-corrected chi connectivity index (χ2v) is 4.64. The Morgan fingerprint density at radius 1 is 1.40 bits per heavy atom. The van der Waals surface area contributed by atoms with Crippen LogP contribution in [0.25, 0.3) is 0 Å². The van der Waals surface area contributed by atoms with Gasteiger partial charge in [-0.05, 0) is 44.4 Å². The summed E-state index contributed by atoms with van der Waals surface area (Å²) >= 11 is 0. The lowest BCUT2D eigenvalue weighted by Crippen LogP contribution is -2.30. The van der Waals surface area contributed by atoms with Crippen molar-refractivity contribution in [3.63, 3.8) is 0 Å². The zero-order valence-electron chi connectivity index (χ0n) is 9.88. The van der Waals surface area contributed by atoms with Crippen molar-refractivity contribution in [2.45, 2.75) is 32.7 Å². The topological polar surface area (TPSA) is 29.3 Å². The molecule has 15 heavy (non-hydrogen) atoms. The summed E-state index contributed by atoms with van der Waals surface area (Å²) in [5.41, 5.74) is 11.3. The van der Waals surface area contributed by atoms with Crippen molar-refractivity contribution in [1.29, 1.82) is 0 Å². The summed E-state index contributed by atoms with van der Waals surface area (Å²) < 4.78 is 0. The van der Waals surface area contributed by atoms with E-state index in [9.17, 15) is 0 Å². The smallest absolute Gasteiger partial charge is 0.0429 e. The number of anilines is 1. The molecule has 2 nitrogen and oxygen atoms in total. The molecule has 0 aliphatic carbocycles. The molecule has 0 spiro atoms. The van der Waals surface area contributed by atoms with E-state index in [4.69, 9.17) is 5.73 Å². The van der Waals surface area contributed by atoms with Crippen LogP contribution in [0.5, 0.6) is 0 Å². The van der Waals surface area contributed by atoms with E-state index in [0.717, 1.165) is 19.4 Å². The molecule has 1 aliphatic heterocycles. The Balaban J connectivity index is 2.36. The standard InChI is InChI=1S/C13H20N2/c1-9-6-10(2)13-11(7-9)8-12(4-5-14)15(13)3/h6-7,12H,4-5,8,14H2,1-3H3. The van der Waals surface area contributed by atoms with Crippen molar-refractivity contribution in [2.75, 3.05) is 18.5 Å². The van der Waals surface area contributed by atoms with Gasteiger partial charge in [0.25, 0.3) is 0 Å². The maximum Gasteiger partial charge on any atom is 0.0429 e. The van der Waals surface area contributed by atoms with Gasteiger partial charge in [0.2, 0.25) is 0 Å². The summed E-state index contributed by atoms with van der Waals surface area (Å²) in [5.74, 6) is 0. The summed E-state index contributed by atoms with van der Waals surface area (Å²) in [4.78, 5) is 2.40. The minimum Gasteiger partial charge on any atom is -0.371 e. The summed E-state index contributed by atoms with van der Waals surface area (Å²) in [7, 11) is 2.19. The summed E-state index contributed by atoms with van der Waals surface area (Å²) in [6.45, 7) is 5.15. The number of benzene rings is 1. The van der Waals surface area contributed by atoms with Crippen LogP contribution in [0.3, 0.4) is 0 Å². The van der Waals surface area contributed by atoms with E-state index in [1.165, 1.54) is 22.4 Å². The van der Waals surface area contributed by atoms with E-state index in [-0.39, 0.29) is 0 Å². The zero-order valence-corrected chi connectivity index (χ0v) is 9.88. The van der Waals surface area contributed by atoms with E-state index in [0.29, 0.717) is 6.04 Å². The highest BCUT2D eigenvalue weighted by molar-refractivity contribution is 5.64.